The SMILES string of the molecule is CCOC1=C(C#N)C(C(C#N)C#N)=NC1(O)C(F)(F)F. The number of hydrogen-bond donors (Lipinski definition) is 1. The summed E-state index contributed by atoms with van der Waals surface area (Å²) < 4.78 is 43.5. The van der Waals surface area contributed by atoms with Crippen LogP contribution < -0.4 is 0 Å². The van der Waals surface area contributed by atoms with Crippen molar-refractivity contribution in [3.05, 3.63) is 11.3 Å². The molecule has 104 valence electrons. The van der Waals surface area contributed by atoms with E-state index in [9.17, 15) is 18.3 Å². The molecule has 6 nitrogen and oxygen atoms in total. The number of alkyl halides is 3. The third-order valence-corrected chi connectivity index (χ3v) is 2.41. The average molecular weight is 284 g/mol. The molecule has 0 bridgehead atoms. The second kappa shape index (κ2) is 5.20. The number of ether oxygens (including phenoxy) is 1. The van der Waals surface area contributed by atoms with Crippen LogP contribution in [-0.2, 0) is 4.74 Å². The summed E-state index contributed by atoms with van der Waals surface area (Å²) in [5.74, 6) is -2.82. The van der Waals surface area contributed by atoms with Gasteiger partial charge in [0.25, 0.3) is 0 Å². The summed E-state index contributed by atoms with van der Waals surface area (Å²) in [6.07, 6.45) is -5.25. The molecule has 0 saturated carbocycles. The molecule has 1 aliphatic heterocycles. The van der Waals surface area contributed by atoms with Gasteiger partial charge in [0.05, 0.1) is 24.5 Å². The van der Waals surface area contributed by atoms with Gasteiger partial charge in [-0.25, -0.2) is 4.99 Å². The molecule has 1 N–H and O–H groups in total. The maximum absolute atomic E-state index is 12.9. The second-order valence-electron chi connectivity index (χ2n) is 3.61. The fourth-order valence-corrected chi connectivity index (χ4v) is 1.55. The lowest BCUT2D eigenvalue weighted by atomic mass is 10.00. The van der Waals surface area contributed by atoms with Gasteiger partial charge < -0.3 is 9.84 Å². The minimum absolute atomic E-state index is 0.258. The zero-order valence-corrected chi connectivity index (χ0v) is 10.1. The Labute approximate surface area is 111 Å². The van der Waals surface area contributed by atoms with E-state index in [0.717, 1.165) is 0 Å². The Kier molecular flexibility index (Phi) is 4.03. The van der Waals surface area contributed by atoms with Crippen LogP contribution in [0.4, 0.5) is 13.2 Å². The zero-order chi connectivity index (χ0) is 15.6. The summed E-state index contributed by atoms with van der Waals surface area (Å²) >= 11 is 0. The molecular weight excluding hydrogens is 277 g/mol. The van der Waals surface area contributed by atoms with Crippen molar-refractivity contribution in [3.63, 3.8) is 0 Å². The maximum atomic E-state index is 12.9. The lowest BCUT2D eigenvalue weighted by Crippen LogP contribution is -2.44. The Morgan fingerprint density at radius 3 is 2.25 bits per heavy atom. The van der Waals surface area contributed by atoms with E-state index in [4.69, 9.17) is 15.8 Å². The van der Waals surface area contributed by atoms with Gasteiger partial charge in [-0.2, -0.15) is 29.0 Å². The largest absolute Gasteiger partial charge is 0.491 e. The first-order valence-electron chi connectivity index (χ1n) is 5.22. The van der Waals surface area contributed by atoms with Crippen molar-refractivity contribution in [1.82, 2.24) is 0 Å². The van der Waals surface area contributed by atoms with Gasteiger partial charge >= 0.3 is 11.9 Å². The molecule has 20 heavy (non-hydrogen) atoms. The Bertz CT molecular complexity index is 589. The Morgan fingerprint density at radius 1 is 1.35 bits per heavy atom. The Morgan fingerprint density at radius 2 is 1.90 bits per heavy atom. The lowest BCUT2D eigenvalue weighted by molar-refractivity contribution is -0.251. The Balaban J connectivity index is 3.58. The molecule has 0 radical (unpaired) electrons. The van der Waals surface area contributed by atoms with E-state index in [-0.39, 0.29) is 6.61 Å². The van der Waals surface area contributed by atoms with Crippen molar-refractivity contribution in [2.75, 3.05) is 6.61 Å². The van der Waals surface area contributed by atoms with Gasteiger partial charge in [0.1, 0.15) is 11.6 Å². The molecule has 1 unspecified atom stereocenters. The number of halogens is 3. The van der Waals surface area contributed by atoms with Crippen LogP contribution >= 0.6 is 0 Å². The fourth-order valence-electron chi connectivity index (χ4n) is 1.55. The maximum Gasteiger partial charge on any atom is 0.446 e. The van der Waals surface area contributed by atoms with Gasteiger partial charge in [-0.3, -0.25) is 0 Å². The predicted octanol–water partition coefficient (Wildman–Crippen LogP) is 1.17. The minimum Gasteiger partial charge on any atom is -0.491 e. The summed E-state index contributed by atoms with van der Waals surface area (Å²) in [6.45, 7) is 1.09. The van der Waals surface area contributed by atoms with E-state index in [0.29, 0.717) is 0 Å². The van der Waals surface area contributed by atoms with Crippen molar-refractivity contribution < 1.29 is 23.0 Å². The minimum atomic E-state index is -5.25. The average Bonchev–Trinajstić information content (AvgIpc) is 2.65. The second-order valence-corrected chi connectivity index (χ2v) is 3.61. The topological polar surface area (TPSA) is 113 Å². The molecule has 0 aromatic carbocycles. The first kappa shape index (κ1) is 15.5. The van der Waals surface area contributed by atoms with Crippen LogP contribution in [0.25, 0.3) is 0 Å². The number of nitriles is 3. The van der Waals surface area contributed by atoms with Crippen LogP contribution in [0.2, 0.25) is 0 Å². The van der Waals surface area contributed by atoms with Crippen LogP contribution in [0, 0.1) is 39.9 Å². The molecule has 1 aliphatic rings. The van der Waals surface area contributed by atoms with E-state index in [2.05, 4.69) is 9.73 Å². The monoisotopic (exact) mass is 284 g/mol. The van der Waals surface area contributed by atoms with Crippen molar-refractivity contribution in [3.8, 4) is 18.2 Å². The number of aliphatic imine (C=N–C) groups is 1. The summed E-state index contributed by atoms with van der Waals surface area (Å²) in [6, 6.07) is 4.18. The van der Waals surface area contributed by atoms with Crippen LogP contribution in [0.3, 0.4) is 0 Å². The van der Waals surface area contributed by atoms with E-state index in [1.807, 2.05) is 0 Å². The Hall–Kier alpha value is -2.57. The third-order valence-electron chi connectivity index (χ3n) is 2.41. The quantitative estimate of drug-likeness (QED) is 0.835. The highest BCUT2D eigenvalue weighted by Crippen LogP contribution is 2.44. The highest BCUT2D eigenvalue weighted by atomic mass is 19.4. The summed E-state index contributed by atoms with van der Waals surface area (Å²) in [4.78, 5) is 2.97. The smallest absolute Gasteiger partial charge is 0.446 e. The first-order valence-corrected chi connectivity index (χ1v) is 5.22. The van der Waals surface area contributed by atoms with Crippen LogP contribution in [0.15, 0.2) is 16.3 Å². The van der Waals surface area contributed by atoms with Crippen molar-refractivity contribution in [2.45, 2.75) is 18.8 Å². The van der Waals surface area contributed by atoms with Gasteiger partial charge in [-0.05, 0) is 6.92 Å². The van der Waals surface area contributed by atoms with Gasteiger partial charge in [-0.1, -0.05) is 0 Å². The summed E-state index contributed by atoms with van der Waals surface area (Å²) in [5.41, 5.74) is -5.25. The van der Waals surface area contributed by atoms with E-state index >= 15 is 0 Å². The molecule has 1 rings (SSSR count). The van der Waals surface area contributed by atoms with Gasteiger partial charge in [0, 0.05) is 0 Å². The molecule has 0 aromatic heterocycles. The number of nitrogens with zero attached hydrogens (tertiary/aromatic N) is 4. The standard InChI is InChI=1S/C11H7F3N4O2/c1-2-20-9-7(5-17)8(6(3-15)4-16)18-10(9,19)11(12,13)14/h6,19H,2H2,1H3. The van der Waals surface area contributed by atoms with E-state index in [1.54, 1.807) is 0 Å². The molecule has 9 heteroatoms. The van der Waals surface area contributed by atoms with E-state index < -0.39 is 34.9 Å². The van der Waals surface area contributed by atoms with Gasteiger partial charge in [0.2, 0.25) is 0 Å². The van der Waals surface area contributed by atoms with Crippen molar-refractivity contribution >= 4 is 5.71 Å². The van der Waals surface area contributed by atoms with Gasteiger partial charge in [0.15, 0.2) is 11.7 Å². The van der Waals surface area contributed by atoms with Crippen molar-refractivity contribution in [1.29, 1.82) is 15.8 Å². The third kappa shape index (κ3) is 2.18. The van der Waals surface area contributed by atoms with Crippen LogP contribution in [-0.4, -0.2) is 29.3 Å². The zero-order valence-electron chi connectivity index (χ0n) is 10.1. The molecule has 1 atom stereocenters. The predicted molar refractivity (Wildman–Crippen MR) is 57.4 cm³/mol. The molecule has 1 heterocycles. The number of rotatable bonds is 3. The number of aliphatic hydroxyl groups is 1. The van der Waals surface area contributed by atoms with Gasteiger partial charge in [-0.15, -0.1) is 0 Å². The molecule has 0 aromatic rings. The van der Waals surface area contributed by atoms with Crippen LogP contribution in [0.1, 0.15) is 6.92 Å². The lowest BCUT2D eigenvalue weighted by Gasteiger charge is -2.25. The number of hydrogen-bond acceptors (Lipinski definition) is 6. The highest BCUT2D eigenvalue weighted by molar-refractivity contribution is 6.10. The van der Waals surface area contributed by atoms with Crippen LogP contribution in [0.5, 0.6) is 0 Å². The molecule has 0 spiro atoms. The highest BCUT2D eigenvalue weighted by Gasteiger charge is 2.63. The molecule has 0 saturated heterocycles. The molecule has 0 amide bonds. The summed E-state index contributed by atoms with van der Waals surface area (Å²) in [5, 5.41) is 36.0. The summed E-state index contributed by atoms with van der Waals surface area (Å²) in [7, 11) is 0. The molecule has 0 fully saturated rings. The number of allylic oxidation sites excluding steroid dienone is 1. The molecule has 0 aliphatic carbocycles. The first-order chi connectivity index (χ1) is 9.26. The normalized spacial score (nSPS) is 22.1. The van der Waals surface area contributed by atoms with E-state index in [1.165, 1.54) is 25.1 Å². The molecular formula is C11H7F3N4O2. The van der Waals surface area contributed by atoms with Crippen molar-refractivity contribution in [2.24, 2.45) is 10.9 Å². The fraction of sp³-hybridized carbons (Fsp3) is 0.455.